The summed E-state index contributed by atoms with van der Waals surface area (Å²) in [5.41, 5.74) is 2.52. The highest BCUT2D eigenvalue weighted by Gasteiger charge is 2.04. The minimum Gasteiger partial charge on any atom is -0.375 e. The Bertz CT molecular complexity index is 332. The monoisotopic (exact) mass is 232 g/mol. The maximum atomic E-state index is 4.00. The first-order valence-electron chi connectivity index (χ1n) is 6.26. The molecule has 1 aromatic carbocycles. The first-order valence-corrected chi connectivity index (χ1v) is 6.26. The van der Waals surface area contributed by atoms with Crippen molar-refractivity contribution in [2.75, 3.05) is 26.7 Å². The standard InChI is InChI=1S/C15H24N2/c1-5-17(14(2)3)12-11-16(4)13-15-9-7-6-8-10-15/h6-10H,2,5,11-13H2,1,3-4H3. The van der Waals surface area contributed by atoms with Gasteiger partial charge in [-0.2, -0.15) is 0 Å². The highest BCUT2D eigenvalue weighted by atomic mass is 15.2. The second-order valence-corrected chi connectivity index (χ2v) is 4.54. The van der Waals surface area contributed by atoms with Crippen LogP contribution in [0.3, 0.4) is 0 Å². The summed E-state index contributed by atoms with van der Waals surface area (Å²) in [5.74, 6) is 0. The zero-order valence-corrected chi connectivity index (χ0v) is 11.3. The Hall–Kier alpha value is -1.28. The van der Waals surface area contributed by atoms with Gasteiger partial charge in [0.1, 0.15) is 0 Å². The van der Waals surface area contributed by atoms with Crippen LogP contribution in [0.5, 0.6) is 0 Å². The van der Waals surface area contributed by atoms with Crippen LogP contribution in [0.4, 0.5) is 0 Å². The van der Waals surface area contributed by atoms with Crippen LogP contribution in [0.1, 0.15) is 19.4 Å². The van der Waals surface area contributed by atoms with Crippen molar-refractivity contribution in [2.45, 2.75) is 20.4 Å². The molecule has 0 fully saturated rings. The van der Waals surface area contributed by atoms with E-state index in [1.54, 1.807) is 0 Å². The van der Waals surface area contributed by atoms with Crippen molar-refractivity contribution in [3.05, 3.63) is 48.2 Å². The van der Waals surface area contributed by atoms with Gasteiger partial charge in [-0.25, -0.2) is 0 Å². The molecule has 0 spiro atoms. The molecule has 0 aromatic heterocycles. The number of allylic oxidation sites excluding steroid dienone is 1. The lowest BCUT2D eigenvalue weighted by atomic mass is 10.2. The molecule has 0 aliphatic heterocycles. The van der Waals surface area contributed by atoms with Gasteiger partial charge in [-0.15, -0.1) is 0 Å². The lowest BCUT2D eigenvalue weighted by Gasteiger charge is -2.26. The molecule has 0 radical (unpaired) electrons. The Labute approximate surface area is 106 Å². The van der Waals surface area contributed by atoms with Gasteiger partial charge < -0.3 is 9.80 Å². The summed E-state index contributed by atoms with van der Waals surface area (Å²) in [5, 5.41) is 0. The maximum Gasteiger partial charge on any atom is 0.0302 e. The van der Waals surface area contributed by atoms with Gasteiger partial charge in [-0.1, -0.05) is 36.9 Å². The predicted molar refractivity (Wildman–Crippen MR) is 74.8 cm³/mol. The fourth-order valence-corrected chi connectivity index (χ4v) is 1.88. The Balaban J connectivity index is 2.35. The van der Waals surface area contributed by atoms with E-state index in [1.807, 2.05) is 0 Å². The smallest absolute Gasteiger partial charge is 0.0302 e. The van der Waals surface area contributed by atoms with Crippen molar-refractivity contribution in [2.24, 2.45) is 0 Å². The van der Waals surface area contributed by atoms with Crippen molar-refractivity contribution >= 4 is 0 Å². The van der Waals surface area contributed by atoms with E-state index in [4.69, 9.17) is 0 Å². The topological polar surface area (TPSA) is 6.48 Å². The van der Waals surface area contributed by atoms with Gasteiger partial charge in [-0.05, 0) is 26.5 Å². The second kappa shape index (κ2) is 7.13. The van der Waals surface area contributed by atoms with Crippen LogP contribution in [0.2, 0.25) is 0 Å². The molecule has 0 N–H and O–H groups in total. The molecule has 1 rings (SSSR count). The summed E-state index contributed by atoms with van der Waals surface area (Å²) < 4.78 is 0. The molecule has 0 aliphatic carbocycles. The molecule has 0 heterocycles. The lowest BCUT2D eigenvalue weighted by Crippen LogP contribution is -2.31. The molecular weight excluding hydrogens is 208 g/mol. The van der Waals surface area contributed by atoms with Crippen LogP contribution in [0.15, 0.2) is 42.6 Å². The number of hydrogen-bond acceptors (Lipinski definition) is 2. The van der Waals surface area contributed by atoms with Crippen LogP contribution in [0, 0.1) is 0 Å². The van der Waals surface area contributed by atoms with Crippen molar-refractivity contribution in [1.29, 1.82) is 0 Å². The predicted octanol–water partition coefficient (Wildman–Crippen LogP) is 2.97. The number of benzene rings is 1. The molecule has 1 aromatic rings. The van der Waals surface area contributed by atoms with Gasteiger partial charge in [0.25, 0.3) is 0 Å². The number of rotatable bonds is 7. The van der Waals surface area contributed by atoms with Gasteiger partial charge in [0.2, 0.25) is 0 Å². The van der Waals surface area contributed by atoms with Gasteiger partial charge in [0, 0.05) is 31.9 Å². The van der Waals surface area contributed by atoms with E-state index in [9.17, 15) is 0 Å². The van der Waals surface area contributed by atoms with E-state index in [0.717, 1.165) is 31.9 Å². The molecule has 2 nitrogen and oxygen atoms in total. The molecule has 94 valence electrons. The van der Waals surface area contributed by atoms with Gasteiger partial charge in [0.15, 0.2) is 0 Å². The Morgan fingerprint density at radius 3 is 2.35 bits per heavy atom. The fraction of sp³-hybridized carbons (Fsp3) is 0.467. The quantitative estimate of drug-likeness (QED) is 0.713. The molecule has 0 atom stereocenters. The largest absolute Gasteiger partial charge is 0.375 e. The first-order chi connectivity index (χ1) is 8.13. The molecule has 0 amide bonds. The van der Waals surface area contributed by atoms with E-state index < -0.39 is 0 Å². The number of nitrogens with zero attached hydrogens (tertiary/aromatic N) is 2. The van der Waals surface area contributed by atoms with Gasteiger partial charge in [0.05, 0.1) is 0 Å². The van der Waals surface area contributed by atoms with Crippen LogP contribution in [-0.2, 0) is 6.54 Å². The van der Waals surface area contributed by atoms with E-state index in [0.29, 0.717) is 0 Å². The van der Waals surface area contributed by atoms with Crippen LogP contribution < -0.4 is 0 Å². The second-order valence-electron chi connectivity index (χ2n) is 4.54. The zero-order valence-electron chi connectivity index (χ0n) is 11.3. The first kappa shape index (κ1) is 13.8. The molecule has 0 saturated heterocycles. The average molecular weight is 232 g/mol. The van der Waals surface area contributed by atoms with E-state index in [2.05, 4.69) is 67.6 Å². The van der Waals surface area contributed by atoms with Gasteiger partial charge >= 0.3 is 0 Å². The van der Waals surface area contributed by atoms with E-state index in [-0.39, 0.29) is 0 Å². The van der Waals surface area contributed by atoms with Crippen LogP contribution in [0.25, 0.3) is 0 Å². The molecule has 0 unspecified atom stereocenters. The third kappa shape index (κ3) is 5.05. The molecular formula is C15H24N2. The minimum atomic E-state index is 1.01. The lowest BCUT2D eigenvalue weighted by molar-refractivity contribution is 0.264. The highest BCUT2D eigenvalue weighted by molar-refractivity contribution is 5.14. The van der Waals surface area contributed by atoms with E-state index in [1.165, 1.54) is 5.56 Å². The van der Waals surface area contributed by atoms with Crippen molar-refractivity contribution in [3.63, 3.8) is 0 Å². The summed E-state index contributed by atoms with van der Waals surface area (Å²) in [6.07, 6.45) is 0. The summed E-state index contributed by atoms with van der Waals surface area (Å²) in [6.45, 7) is 12.4. The Morgan fingerprint density at radius 2 is 1.82 bits per heavy atom. The fourth-order valence-electron chi connectivity index (χ4n) is 1.88. The average Bonchev–Trinajstić information content (AvgIpc) is 2.30. The summed E-state index contributed by atoms with van der Waals surface area (Å²) >= 11 is 0. The third-order valence-electron chi connectivity index (χ3n) is 2.97. The highest BCUT2D eigenvalue weighted by Crippen LogP contribution is 2.04. The SMILES string of the molecule is C=C(C)N(CC)CCN(C)Cc1ccccc1. The molecule has 0 bridgehead atoms. The van der Waals surface area contributed by atoms with Crippen LogP contribution >= 0.6 is 0 Å². The summed E-state index contributed by atoms with van der Waals surface area (Å²) in [7, 11) is 2.17. The van der Waals surface area contributed by atoms with E-state index >= 15 is 0 Å². The molecule has 0 saturated carbocycles. The minimum absolute atomic E-state index is 1.01. The van der Waals surface area contributed by atoms with Gasteiger partial charge in [-0.3, -0.25) is 0 Å². The Morgan fingerprint density at radius 1 is 1.18 bits per heavy atom. The Kier molecular flexibility index (Phi) is 5.78. The summed E-state index contributed by atoms with van der Waals surface area (Å²) in [4.78, 5) is 4.66. The van der Waals surface area contributed by atoms with Crippen molar-refractivity contribution < 1.29 is 0 Å². The third-order valence-corrected chi connectivity index (χ3v) is 2.97. The van der Waals surface area contributed by atoms with Crippen LogP contribution in [-0.4, -0.2) is 36.5 Å². The maximum absolute atomic E-state index is 4.00. The van der Waals surface area contributed by atoms with Crippen molar-refractivity contribution in [1.82, 2.24) is 9.80 Å². The molecule has 2 heteroatoms. The number of hydrogen-bond donors (Lipinski definition) is 0. The van der Waals surface area contributed by atoms with Crippen molar-refractivity contribution in [3.8, 4) is 0 Å². The zero-order chi connectivity index (χ0) is 12.7. The number of likely N-dealkylation sites (N-methyl/N-ethyl adjacent to an activating group) is 2. The molecule has 17 heavy (non-hydrogen) atoms. The normalized spacial score (nSPS) is 10.6. The summed E-state index contributed by atoms with van der Waals surface area (Å²) in [6, 6.07) is 10.6. The molecule has 0 aliphatic rings.